The van der Waals surface area contributed by atoms with Gasteiger partial charge in [0.2, 0.25) is 0 Å². The lowest BCUT2D eigenvalue weighted by Gasteiger charge is -2.27. The second kappa shape index (κ2) is 5.50. The molecule has 1 heterocycles. The van der Waals surface area contributed by atoms with Crippen LogP contribution < -0.4 is 5.32 Å². The lowest BCUT2D eigenvalue weighted by Crippen LogP contribution is -2.43. The van der Waals surface area contributed by atoms with Crippen LogP contribution in [0.15, 0.2) is 0 Å². The van der Waals surface area contributed by atoms with Crippen molar-refractivity contribution in [3.8, 4) is 0 Å². The maximum Gasteiger partial charge on any atom is 0.0702 e. The van der Waals surface area contributed by atoms with Gasteiger partial charge in [0.05, 0.1) is 6.10 Å². The van der Waals surface area contributed by atoms with Crippen molar-refractivity contribution in [2.24, 2.45) is 5.92 Å². The summed E-state index contributed by atoms with van der Waals surface area (Å²) in [5, 5.41) is 3.71. The zero-order valence-corrected chi connectivity index (χ0v) is 10.9. The lowest BCUT2D eigenvalue weighted by atomic mass is 9.95. The summed E-state index contributed by atoms with van der Waals surface area (Å²) in [5.41, 5.74) is 0.310. The van der Waals surface area contributed by atoms with Crippen molar-refractivity contribution in [3.63, 3.8) is 0 Å². The Kier molecular flexibility index (Phi) is 4.26. The molecule has 2 unspecified atom stereocenters. The monoisotopic (exact) mass is 225 g/mol. The van der Waals surface area contributed by atoms with Gasteiger partial charge in [-0.25, -0.2) is 0 Å². The van der Waals surface area contributed by atoms with Crippen LogP contribution in [0.25, 0.3) is 0 Å². The van der Waals surface area contributed by atoms with E-state index in [9.17, 15) is 0 Å². The highest BCUT2D eigenvalue weighted by Gasteiger charge is 2.28. The van der Waals surface area contributed by atoms with E-state index in [1.165, 1.54) is 38.5 Å². The van der Waals surface area contributed by atoms with Crippen molar-refractivity contribution >= 4 is 0 Å². The molecule has 0 bridgehead atoms. The molecule has 0 amide bonds. The van der Waals surface area contributed by atoms with Crippen molar-refractivity contribution < 1.29 is 4.74 Å². The summed E-state index contributed by atoms with van der Waals surface area (Å²) < 4.78 is 6.00. The largest absolute Gasteiger partial charge is 0.377 e. The summed E-state index contributed by atoms with van der Waals surface area (Å²) in [4.78, 5) is 0. The van der Waals surface area contributed by atoms with Gasteiger partial charge in [0.15, 0.2) is 0 Å². The molecule has 0 aromatic carbocycles. The predicted octanol–water partition coefficient (Wildman–Crippen LogP) is 3.11. The molecule has 2 rings (SSSR count). The highest BCUT2D eigenvalue weighted by Crippen LogP contribution is 2.30. The molecule has 2 aliphatic rings. The van der Waals surface area contributed by atoms with Crippen LogP contribution in [0.3, 0.4) is 0 Å². The van der Waals surface area contributed by atoms with E-state index in [1.54, 1.807) is 0 Å². The van der Waals surface area contributed by atoms with E-state index < -0.39 is 0 Å². The van der Waals surface area contributed by atoms with Gasteiger partial charge >= 0.3 is 0 Å². The molecule has 0 spiro atoms. The summed E-state index contributed by atoms with van der Waals surface area (Å²) in [7, 11) is 0. The first-order valence-corrected chi connectivity index (χ1v) is 7.08. The average molecular weight is 225 g/mol. The van der Waals surface area contributed by atoms with Crippen molar-refractivity contribution in [1.82, 2.24) is 5.32 Å². The maximum absolute atomic E-state index is 6.00. The molecule has 1 N–H and O–H groups in total. The molecule has 0 aromatic heterocycles. The Morgan fingerprint density at radius 3 is 2.75 bits per heavy atom. The average Bonchev–Trinajstić information content (AvgIpc) is 2.71. The zero-order chi connectivity index (χ0) is 11.4. The molecule has 2 fully saturated rings. The first kappa shape index (κ1) is 12.4. The molecule has 1 saturated heterocycles. The molecule has 2 heteroatoms. The van der Waals surface area contributed by atoms with Gasteiger partial charge in [-0.3, -0.25) is 0 Å². The molecule has 0 radical (unpaired) electrons. The molecule has 2 nitrogen and oxygen atoms in total. The van der Waals surface area contributed by atoms with Crippen LogP contribution in [0.4, 0.5) is 0 Å². The van der Waals surface area contributed by atoms with Crippen LogP contribution in [0.5, 0.6) is 0 Å². The Morgan fingerprint density at radius 1 is 1.31 bits per heavy atom. The van der Waals surface area contributed by atoms with Gasteiger partial charge in [-0.1, -0.05) is 32.6 Å². The number of nitrogens with one attached hydrogen (secondary N) is 1. The molecule has 1 aliphatic heterocycles. The summed E-state index contributed by atoms with van der Waals surface area (Å²) in [6.45, 7) is 6.59. The molecule has 2 atom stereocenters. The van der Waals surface area contributed by atoms with E-state index in [2.05, 4.69) is 19.2 Å². The van der Waals surface area contributed by atoms with Crippen LogP contribution >= 0.6 is 0 Å². The van der Waals surface area contributed by atoms with Gasteiger partial charge in [0.1, 0.15) is 0 Å². The van der Waals surface area contributed by atoms with Gasteiger partial charge < -0.3 is 10.1 Å². The fourth-order valence-electron chi connectivity index (χ4n) is 3.03. The predicted molar refractivity (Wildman–Crippen MR) is 67.6 cm³/mol. The maximum atomic E-state index is 6.00. The SMILES string of the molecule is CCC1(C)CCOC(CC2CCCC2)CN1. The van der Waals surface area contributed by atoms with E-state index in [1.807, 2.05) is 0 Å². The van der Waals surface area contributed by atoms with Crippen molar-refractivity contribution in [2.75, 3.05) is 13.2 Å². The van der Waals surface area contributed by atoms with Crippen LogP contribution in [0.1, 0.15) is 58.8 Å². The third-order valence-electron chi connectivity index (χ3n) is 4.62. The number of hydrogen-bond donors (Lipinski definition) is 1. The third kappa shape index (κ3) is 3.21. The summed E-state index contributed by atoms with van der Waals surface area (Å²) in [6.07, 6.45) is 9.87. The number of hydrogen-bond acceptors (Lipinski definition) is 2. The topological polar surface area (TPSA) is 21.3 Å². The molecule has 1 saturated carbocycles. The summed E-state index contributed by atoms with van der Waals surface area (Å²) >= 11 is 0. The van der Waals surface area contributed by atoms with Crippen LogP contribution in [-0.2, 0) is 4.74 Å². The van der Waals surface area contributed by atoms with E-state index in [0.717, 1.165) is 25.5 Å². The van der Waals surface area contributed by atoms with Gasteiger partial charge in [0, 0.05) is 18.7 Å². The minimum Gasteiger partial charge on any atom is -0.377 e. The third-order valence-corrected chi connectivity index (χ3v) is 4.62. The smallest absolute Gasteiger partial charge is 0.0702 e. The number of ether oxygens (including phenoxy) is 1. The lowest BCUT2D eigenvalue weighted by molar-refractivity contribution is 0.0487. The van der Waals surface area contributed by atoms with Crippen molar-refractivity contribution in [1.29, 1.82) is 0 Å². The van der Waals surface area contributed by atoms with Gasteiger partial charge in [-0.2, -0.15) is 0 Å². The van der Waals surface area contributed by atoms with E-state index in [-0.39, 0.29) is 0 Å². The van der Waals surface area contributed by atoms with Crippen molar-refractivity contribution in [3.05, 3.63) is 0 Å². The van der Waals surface area contributed by atoms with Crippen LogP contribution in [0, 0.1) is 5.92 Å². The fourth-order valence-corrected chi connectivity index (χ4v) is 3.03. The van der Waals surface area contributed by atoms with Crippen LogP contribution in [0.2, 0.25) is 0 Å². The van der Waals surface area contributed by atoms with Gasteiger partial charge in [-0.05, 0) is 32.1 Å². The molecule has 94 valence electrons. The zero-order valence-electron chi connectivity index (χ0n) is 10.9. The normalized spacial score (nSPS) is 37.5. The van der Waals surface area contributed by atoms with Gasteiger partial charge in [-0.15, -0.1) is 0 Å². The molecule has 16 heavy (non-hydrogen) atoms. The Bertz CT molecular complexity index is 213. The minimum absolute atomic E-state index is 0.310. The fraction of sp³-hybridized carbons (Fsp3) is 1.00. The quantitative estimate of drug-likeness (QED) is 0.797. The van der Waals surface area contributed by atoms with Crippen molar-refractivity contribution in [2.45, 2.75) is 70.4 Å². The van der Waals surface area contributed by atoms with E-state index in [0.29, 0.717) is 11.6 Å². The summed E-state index contributed by atoms with van der Waals surface area (Å²) in [5.74, 6) is 0.942. The second-order valence-corrected chi connectivity index (χ2v) is 5.92. The summed E-state index contributed by atoms with van der Waals surface area (Å²) in [6, 6.07) is 0. The van der Waals surface area contributed by atoms with Gasteiger partial charge in [0.25, 0.3) is 0 Å². The molecule has 0 aromatic rings. The van der Waals surface area contributed by atoms with E-state index >= 15 is 0 Å². The van der Waals surface area contributed by atoms with E-state index in [4.69, 9.17) is 4.74 Å². The Hall–Kier alpha value is -0.0800. The molecule has 1 aliphatic carbocycles. The number of rotatable bonds is 3. The highest BCUT2D eigenvalue weighted by molar-refractivity contribution is 4.86. The standard InChI is InChI=1S/C14H27NO/c1-3-14(2)8-9-16-13(11-15-14)10-12-6-4-5-7-12/h12-13,15H,3-11H2,1-2H3. The first-order valence-electron chi connectivity index (χ1n) is 7.08. The molecular formula is C14H27NO. The Balaban J connectivity index is 1.79. The second-order valence-electron chi connectivity index (χ2n) is 5.92. The minimum atomic E-state index is 0.310. The Labute approximate surface area is 100 Å². The highest BCUT2D eigenvalue weighted by atomic mass is 16.5. The molecular weight excluding hydrogens is 198 g/mol. The first-order chi connectivity index (χ1) is 7.72. The van der Waals surface area contributed by atoms with Crippen LogP contribution in [-0.4, -0.2) is 24.8 Å². The Morgan fingerprint density at radius 2 is 2.06 bits per heavy atom.